The summed E-state index contributed by atoms with van der Waals surface area (Å²) in [5.41, 5.74) is 1.98. The zero-order chi connectivity index (χ0) is 20.2. The van der Waals surface area contributed by atoms with Gasteiger partial charge in [-0.3, -0.25) is 9.59 Å². The monoisotopic (exact) mass is 385 g/mol. The van der Waals surface area contributed by atoms with Crippen LogP contribution < -0.4 is 20.7 Å². The summed E-state index contributed by atoms with van der Waals surface area (Å²) in [6.07, 6.45) is 0.884. The number of carbonyl (C=O) groups excluding carboxylic acids is 2. The predicted octanol–water partition coefficient (Wildman–Crippen LogP) is 2.90. The van der Waals surface area contributed by atoms with Gasteiger partial charge >= 0.3 is 0 Å². The minimum Gasteiger partial charge on any atom is -0.491 e. The number of carbonyl (C=O) groups is 2. The number of benzene rings is 2. The second-order valence-corrected chi connectivity index (χ2v) is 6.10. The van der Waals surface area contributed by atoms with E-state index in [2.05, 4.69) is 16.0 Å². The number of nitrogens with one attached hydrogen (secondary N) is 3. The Morgan fingerprint density at radius 3 is 2.50 bits per heavy atom. The molecule has 0 unspecified atom stereocenters. The van der Waals surface area contributed by atoms with E-state index in [-0.39, 0.29) is 18.4 Å². The van der Waals surface area contributed by atoms with Gasteiger partial charge in [-0.1, -0.05) is 13.0 Å². The van der Waals surface area contributed by atoms with E-state index in [1.165, 1.54) is 0 Å². The second kappa shape index (κ2) is 11.6. The van der Waals surface area contributed by atoms with Crippen molar-refractivity contribution in [2.24, 2.45) is 0 Å². The van der Waals surface area contributed by atoms with Gasteiger partial charge in [-0.05, 0) is 42.8 Å². The van der Waals surface area contributed by atoms with Crippen molar-refractivity contribution in [3.8, 4) is 5.75 Å². The predicted molar refractivity (Wildman–Crippen MR) is 110 cm³/mol. The summed E-state index contributed by atoms with van der Waals surface area (Å²) in [6, 6.07) is 14.2. The lowest BCUT2D eigenvalue weighted by molar-refractivity contribution is -0.114. The molecule has 0 atom stereocenters. The molecule has 7 heteroatoms. The van der Waals surface area contributed by atoms with Crippen LogP contribution in [0.2, 0.25) is 0 Å². The number of amides is 2. The highest BCUT2D eigenvalue weighted by molar-refractivity contribution is 5.96. The van der Waals surface area contributed by atoms with Gasteiger partial charge in [0.05, 0.1) is 13.2 Å². The fraction of sp³-hybridized carbons (Fsp3) is 0.333. The Balaban J connectivity index is 1.81. The molecule has 0 fully saturated rings. The highest BCUT2D eigenvalue weighted by Gasteiger charge is 2.06. The zero-order valence-corrected chi connectivity index (χ0v) is 16.3. The Morgan fingerprint density at radius 2 is 1.79 bits per heavy atom. The Bertz CT molecular complexity index is 763. The van der Waals surface area contributed by atoms with Crippen molar-refractivity contribution in [1.82, 2.24) is 5.32 Å². The summed E-state index contributed by atoms with van der Waals surface area (Å²) in [6.45, 7) is 3.73. The maximum absolute atomic E-state index is 12.1. The molecule has 0 heterocycles. The van der Waals surface area contributed by atoms with Gasteiger partial charge in [0.2, 0.25) is 5.91 Å². The highest BCUT2D eigenvalue weighted by atomic mass is 16.5. The van der Waals surface area contributed by atoms with E-state index in [0.717, 1.165) is 12.1 Å². The number of anilines is 2. The van der Waals surface area contributed by atoms with E-state index < -0.39 is 0 Å². The number of ether oxygens (including phenoxy) is 2. The average molecular weight is 385 g/mol. The van der Waals surface area contributed by atoms with E-state index in [1.54, 1.807) is 31.4 Å². The summed E-state index contributed by atoms with van der Waals surface area (Å²) < 4.78 is 10.5. The second-order valence-electron chi connectivity index (χ2n) is 6.10. The van der Waals surface area contributed by atoms with E-state index in [1.807, 2.05) is 31.2 Å². The van der Waals surface area contributed by atoms with Gasteiger partial charge in [0, 0.05) is 36.7 Å². The van der Waals surface area contributed by atoms with Crippen molar-refractivity contribution in [2.75, 3.05) is 44.0 Å². The van der Waals surface area contributed by atoms with Gasteiger partial charge in [0.1, 0.15) is 12.4 Å². The van der Waals surface area contributed by atoms with Crippen LogP contribution in [0, 0.1) is 0 Å². The van der Waals surface area contributed by atoms with Crippen molar-refractivity contribution in [3.05, 3.63) is 54.1 Å². The van der Waals surface area contributed by atoms with Crippen LogP contribution in [0.1, 0.15) is 23.7 Å². The molecule has 0 radical (unpaired) electrons. The first kappa shape index (κ1) is 21.2. The maximum Gasteiger partial charge on any atom is 0.251 e. The topological polar surface area (TPSA) is 88.7 Å². The van der Waals surface area contributed by atoms with Crippen LogP contribution in [-0.4, -0.2) is 45.2 Å². The lowest BCUT2D eigenvalue weighted by atomic mass is 10.2. The molecule has 7 nitrogen and oxygen atoms in total. The lowest BCUT2D eigenvalue weighted by Crippen LogP contribution is -2.24. The fourth-order valence-corrected chi connectivity index (χ4v) is 2.37. The van der Waals surface area contributed by atoms with Gasteiger partial charge in [0.25, 0.3) is 5.91 Å². The first-order valence-corrected chi connectivity index (χ1v) is 9.26. The number of methoxy groups -OCH3 is 1. The van der Waals surface area contributed by atoms with Gasteiger partial charge < -0.3 is 25.4 Å². The zero-order valence-electron chi connectivity index (χ0n) is 16.3. The molecule has 2 aromatic rings. The van der Waals surface area contributed by atoms with Crippen LogP contribution in [0.25, 0.3) is 0 Å². The van der Waals surface area contributed by atoms with E-state index in [4.69, 9.17) is 9.47 Å². The smallest absolute Gasteiger partial charge is 0.251 e. The van der Waals surface area contributed by atoms with E-state index >= 15 is 0 Å². The van der Waals surface area contributed by atoms with E-state index in [0.29, 0.717) is 36.8 Å². The third-order valence-electron chi connectivity index (χ3n) is 3.81. The van der Waals surface area contributed by atoms with Crippen molar-refractivity contribution in [1.29, 1.82) is 0 Å². The van der Waals surface area contributed by atoms with E-state index in [9.17, 15) is 9.59 Å². The third kappa shape index (κ3) is 7.28. The molecule has 0 aromatic heterocycles. The van der Waals surface area contributed by atoms with Crippen LogP contribution in [-0.2, 0) is 9.53 Å². The number of hydrogen-bond donors (Lipinski definition) is 3. The summed E-state index contributed by atoms with van der Waals surface area (Å²) >= 11 is 0. The molecule has 3 N–H and O–H groups in total. The molecule has 0 aliphatic carbocycles. The molecule has 0 aliphatic heterocycles. The third-order valence-corrected chi connectivity index (χ3v) is 3.81. The average Bonchev–Trinajstić information content (AvgIpc) is 2.71. The molecule has 0 aliphatic rings. The molecule has 0 spiro atoms. The largest absolute Gasteiger partial charge is 0.491 e. The van der Waals surface area contributed by atoms with Crippen molar-refractivity contribution >= 4 is 23.2 Å². The van der Waals surface area contributed by atoms with Crippen LogP contribution in [0.3, 0.4) is 0 Å². The molecular weight excluding hydrogens is 358 g/mol. The SMILES string of the molecule is CCCNC(=O)c1ccc(NC(=O)CNc2cccc(OCCOC)c2)cc1. The van der Waals surface area contributed by atoms with Gasteiger partial charge in [-0.15, -0.1) is 0 Å². The maximum atomic E-state index is 12.1. The Kier molecular flexibility index (Phi) is 8.81. The van der Waals surface area contributed by atoms with Gasteiger partial charge in [-0.25, -0.2) is 0 Å². The molecule has 0 bridgehead atoms. The van der Waals surface area contributed by atoms with Crippen LogP contribution in [0.15, 0.2) is 48.5 Å². The highest BCUT2D eigenvalue weighted by Crippen LogP contribution is 2.17. The first-order valence-electron chi connectivity index (χ1n) is 9.26. The summed E-state index contributed by atoms with van der Waals surface area (Å²) in [7, 11) is 1.62. The van der Waals surface area contributed by atoms with Gasteiger partial charge in [0.15, 0.2) is 0 Å². The Morgan fingerprint density at radius 1 is 1.00 bits per heavy atom. The summed E-state index contributed by atoms with van der Waals surface area (Å²) in [5, 5.41) is 8.67. The standard InChI is InChI=1S/C21H27N3O4/c1-3-11-22-21(26)16-7-9-17(10-8-16)24-20(25)15-23-18-5-4-6-19(14-18)28-13-12-27-2/h4-10,14,23H,3,11-13,15H2,1-2H3,(H,22,26)(H,24,25). The summed E-state index contributed by atoms with van der Waals surface area (Å²) in [4.78, 5) is 24.0. The minimum absolute atomic E-state index is 0.111. The first-order chi connectivity index (χ1) is 13.6. The van der Waals surface area contributed by atoms with Crippen LogP contribution in [0.5, 0.6) is 5.75 Å². The molecule has 2 amide bonds. The molecule has 2 aromatic carbocycles. The quantitative estimate of drug-likeness (QED) is 0.518. The van der Waals surface area contributed by atoms with Crippen molar-refractivity contribution in [2.45, 2.75) is 13.3 Å². The minimum atomic E-state index is -0.186. The van der Waals surface area contributed by atoms with Crippen LogP contribution >= 0.6 is 0 Å². The Labute approximate surface area is 165 Å². The molecule has 28 heavy (non-hydrogen) atoms. The van der Waals surface area contributed by atoms with Crippen molar-refractivity contribution in [3.63, 3.8) is 0 Å². The molecule has 150 valence electrons. The van der Waals surface area contributed by atoms with Crippen LogP contribution in [0.4, 0.5) is 11.4 Å². The molecule has 0 saturated carbocycles. The molecule has 2 rings (SSSR count). The summed E-state index contributed by atoms with van der Waals surface area (Å²) in [5.74, 6) is 0.405. The lowest BCUT2D eigenvalue weighted by Gasteiger charge is -2.10. The van der Waals surface area contributed by atoms with Gasteiger partial charge in [-0.2, -0.15) is 0 Å². The molecular formula is C21H27N3O4. The number of hydrogen-bond acceptors (Lipinski definition) is 5. The Hall–Kier alpha value is -3.06. The normalized spacial score (nSPS) is 10.2. The number of rotatable bonds is 11. The molecule has 0 saturated heterocycles. The fourth-order valence-electron chi connectivity index (χ4n) is 2.37. The van der Waals surface area contributed by atoms with Crippen molar-refractivity contribution < 1.29 is 19.1 Å².